The van der Waals surface area contributed by atoms with Crippen LogP contribution in [0.25, 0.3) is 6.08 Å². The molecule has 0 spiro atoms. The minimum absolute atomic E-state index is 0.0622. The summed E-state index contributed by atoms with van der Waals surface area (Å²) in [5.74, 6) is 0. The third kappa shape index (κ3) is 4.31. The van der Waals surface area contributed by atoms with E-state index in [0.29, 0.717) is 0 Å². The molecule has 0 saturated carbocycles. The molecule has 0 aliphatic rings. The number of benzene rings is 2. The molecule has 2 aromatic carbocycles. The lowest BCUT2D eigenvalue weighted by molar-refractivity contribution is -0.384. The van der Waals surface area contributed by atoms with Crippen LogP contribution in [-0.4, -0.2) is 13.3 Å². The Morgan fingerprint density at radius 2 is 1.82 bits per heavy atom. The number of anilines is 1. The van der Waals surface area contributed by atoms with E-state index in [2.05, 4.69) is 4.72 Å². The first-order chi connectivity index (χ1) is 10.4. The maximum Gasteiger partial charge on any atom is 0.289 e. The lowest BCUT2D eigenvalue weighted by Crippen LogP contribution is -2.09. The summed E-state index contributed by atoms with van der Waals surface area (Å²) in [7, 11) is -3.78. The zero-order valence-electron chi connectivity index (χ0n) is 11.1. The maximum atomic E-state index is 11.9. The van der Waals surface area contributed by atoms with Crippen molar-refractivity contribution >= 4 is 39.1 Å². The average Bonchev–Trinajstić information content (AvgIpc) is 2.48. The molecule has 0 atom stereocenters. The first kappa shape index (κ1) is 16.0. The van der Waals surface area contributed by atoms with Crippen molar-refractivity contribution in [3.8, 4) is 0 Å². The molecule has 0 fully saturated rings. The minimum atomic E-state index is -3.78. The van der Waals surface area contributed by atoms with Gasteiger partial charge in [0.1, 0.15) is 5.02 Å². The number of sulfonamides is 1. The molecule has 0 aliphatic heterocycles. The Kier molecular flexibility index (Phi) is 4.79. The third-order valence-electron chi connectivity index (χ3n) is 2.64. The number of nitro benzene ring substituents is 1. The zero-order valence-corrected chi connectivity index (χ0v) is 12.7. The van der Waals surface area contributed by atoms with Crippen LogP contribution in [0.5, 0.6) is 0 Å². The van der Waals surface area contributed by atoms with Gasteiger partial charge in [0, 0.05) is 6.07 Å². The molecular formula is C14H11ClN2O4S. The molecule has 1 N–H and O–H groups in total. The van der Waals surface area contributed by atoms with E-state index in [9.17, 15) is 18.5 Å². The fourth-order valence-corrected chi connectivity index (χ4v) is 2.69. The SMILES string of the molecule is O=[N+]([O-])c1cc(NS(=O)(=O)/C=C/c2ccccc2)ccc1Cl. The van der Waals surface area contributed by atoms with Gasteiger partial charge in [-0.3, -0.25) is 14.8 Å². The first-order valence-electron chi connectivity index (χ1n) is 6.07. The van der Waals surface area contributed by atoms with Crippen molar-refractivity contribution in [1.82, 2.24) is 0 Å². The monoisotopic (exact) mass is 338 g/mol. The summed E-state index contributed by atoms with van der Waals surface area (Å²) in [4.78, 5) is 10.1. The Morgan fingerprint density at radius 1 is 1.14 bits per heavy atom. The van der Waals surface area contributed by atoms with Gasteiger partial charge in [0.15, 0.2) is 0 Å². The van der Waals surface area contributed by atoms with Crippen LogP contribution >= 0.6 is 11.6 Å². The summed E-state index contributed by atoms with van der Waals surface area (Å²) >= 11 is 5.67. The largest absolute Gasteiger partial charge is 0.289 e. The highest BCUT2D eigenvalue weighted by molar-refractivity contribution is 7.95. The molecule has 2 aromatic rings. The van der Waals surface area contributed by atoms with Crippen LogP contribution in [-0.2, 0) is 10.0 Å². The molecular weight excluding hydrogens is 328 g/mol. The Balaban J connectivity index is 2.20. The number of hydrogen-bond donors (Lipinski definition) is 1. The van der Waals surface area contributed by atoms with Gasteiger partial charge in [-0.25, -0.2) is 8.42 Å². The predicted octanol–water partition coefficient (Wildman–Crippen LogP) is 3.66. The van der Waals surface area contributed by atoms with Crippen LogP contribution in [0.3, 0.4) is 0 Å². The quantitative estimate of drug-likeness (QED) is 0.665. The second-order valence-electron chi connectivity index (χ2n) is 4.28. The van der Waals surface area contributed by atoms with E-state index in [4.69, 9.17) is 11.6 Å². The molecule has 114 valence electrons. The van der Waals surface area contributed by atoms with Crippen LogP contribution in [0.4, 0.5) is 11.4 Å². The van der Waals surface area contributed by atoms with Gasteiger partial charge in [-0.1, -0.05) is 41.9 Å². The van der Waals surface area contributed by atoms with Crippen LogP contribution in [0.2, 0.25) is 5.02 Å². The molecule has 0 bridgehead atoms. The summed E-state index contributed by atoms with van der Waals surface area (Å²) in [6.07, 6.45) is 1.42. The van der Waals surface area contributed by atoms with E-state index >= 15 is 0 Å². The average molecular weight is 339 g/mol. The van der Waals surface area contributed by atoms with Crippen LogP contribution in [0, 0.1) is 10.1 Å². The highest BCUT2D eigenvalue weighted by Crippen LogP contribution is 2.27. The van der Waals surface area contributed by atoms with Gasteiger partial charge in [-0.2, -0.15) is 0 Å². The standard InChI is InChI=1S/C14H11ClN2O4S/c15-13-7-6-12(10-14(13)17(18)19)16-22(20,21)9-8-11-4-2-1-3-5-11/h1-10,16H/b9-8+. The maximum absolute atomic E-state index is 11.9. The summed E-state index contributed by atoms with van der Waals surface area (Å²) in [5, 5.41) is 11.7. The smallest absolute Gasteiger partial charge is 0.280 e. The highest BCUT2D eigenvalue weighted by atomic mass is 35.5. The summed E-state index contributed by atoms with van der Waals surface area (Å²) in [6, 6.07) is 12.6. The fraction of sp³-hybridized carbons (Fsp3) is 0. The highest BCUT2D eigenvalue weighted by Gasteiger charge is 2.14. The molecule has 0 unspecified atom stereocenters. The van der Waals surface area contributed by atoms with E-state index in [-0.39, 0.29) is 16.4 Å². The van der Waals surface area contributed by atoms with Crippen molar-refractivity contribution in [2.24, 2.45) is 0 Å². The van der Waals surface area contributed by atoms with Gasteiger partial charge in [0.25, 0.3) is 15.7 Å². The molecule has 0 aromatic heterocycles. The molecule has 22 heavy (non-hydrogen) atoms. The number of nitrogens with one attached hydrogen (secondary N) is 1. The number of halogens is 1. The lowest BCUT2D eigenvalue weighted by Gasteiger charge is -2.05. The first-order valence-corrected chi connectivity index (χ1v) is 8.00. The molecule has 2 rings (SSSR count). The number of hydrogen-bond acceptors (Lipinski definition) is 4. The van der Waals surface area contributed by atoms with Gasteiger partial charge in [-0.15, -0.1) is 0 Å². The Hall–Kier alpha value is -2.38. The van der Waals surface area contributed by atoms with Gasteiger partial charge < -0.3 is 0 Å². The third-order valence-corrected chi connectivity index (χ3v) is 3.98. The number of nitro groups is 1. The molecule has 0 radical (unpaired) electrons. The molecule has 0 amide bonds. The topological polar surface area (TPSA) is 89.3 Å². The van der Waals surface area contributed by atoms with E-state index in [0.717, 1.165) is 17.0 Å². The van der Waals surface area contributed by atoms with Crippen molar-refractivity contribution < 1.29 is 13.3 Å². The van der Waals surface area contributed by atoms with Crippen molar-refractivity contribution in [3.63, 3.8) is 0 Å². The molecule has 0 aliphatic carbocycles. The van der Waals surface area contributed by atoms with Gasteiger partial charge in [0.2, 0.25) is 0 Å². The Bertz CT molecular complexity index is 820. The molecule has 0 saturated heterocycles. The second kappa shape index (κ2) is 6.59. The summed E-state index contributed by atoms with van der Waals surface area (Å²) in [5.41, 5.74) is 0.415. The second-order valence-corrected chi connectivity index (χ2v) is 6.26. The predicted molar refractivity (Wildman–Crippen MR) is 86.1 cm³/mol. The van der Waals surface area contributed by atoms with Crippen LogP contribution in [0.15, 0.2) is 53.9 Å². The Labute approximate surface area is 132 Å². The van der Waals surface area contributed by atoms with Crippen LogP contribution in [0.1, 0.15) is 5.56 Å². The molecule has 8 heteroatoms. The number of nitrogens with zero attached hydrogens (tertiary/aromatic N) is 1. The van der Waals surface area contributed by atoms with E-state index in [1.54, 1.807) is 24.3 Å². The normalized spacial score (nSPS) is 11.5. The van der Waals surface area contributed by atoms with Crippen molar-refractivity contribution in [2.75, 3.05) is 4.72 Å². The van der Waals surface area contributed by atoms with E-state index in [1.807, 2.05) is 6.07 Å². The summed E-state index contributed by atoms with van der Waals surface area (Å²) < 4.78 is 26.1. The van der Waals surface area contributed by atoms with Crippen molar-refractivity contribution in [3.05, 3.63) is 74.6 Å². The molecule has 0 heterocycles. The van der Waals surface area contributed by atoms with Gasteiger partial charge in [0.05, 0.1) is 16.0 Å². The number of rotatable bonds is 5. The van der Waals surface area contributed by atoms with Crippen molar-refractivity contribution in [2.45, 2.75) is 0 Å². The summed E-state index contributed by atoms with van der Waals surface area (Å²) in [6.45, 7) is 0. The lowest BCUT2D eigenvalue weighted by atomic mass is 10.2. The molecule has 6 nitrogen and oxygen atoms in total. The Morgan fingerprint density at radius 3 is 2.45 bits per heavy atom. The van der Waals surface area contributed by atoms with Gasteiger partial charge in [-0.05, 0) is 23.8 Å². The van der Waals surface area contributed by atoms with E-state index < -0.39 is 14.9 Å². The zero-order chi connectivity index (χ0) is 16.2. The van der Waals surface area contributed by atoms with Gasteiger partial charge >= 0.3 is 0 Å². The van der Waals surface area contributed by atoms with E-state index in [1.165, 1.54) is 18.2 Å². The minimum Gasteiger partial charge on any atom is -0.280 e. The van der Waals surface area contributed by atoms with Crippen LogP contribution < -0.4 is 4.72 Å². The fourth-order valence-electron chi connectivity index (χ4n) is 1.65. The van der Waals surface area contributed by atoms with Crippen molar-refractivity contribution in [1.29, 1.82) is 0 Å².